The van der Waals surface area contributed by atoms with Crippen LogP contribution in [0.1, 0.15) is 0 Å². The minimum Gasteiger partial charge on any atom is -0.354 e. The Morgan fingerprint density at radius 2 is 2.00 bits per heavy atom. The van der Waals surface area contributed by atoms with E-state index in [-0.39, 0.29) is 0 Å². The van der Waals surface area contributed by atoms with Crippen LogP contribution in [-0.2, 0) is 0 Å². The Labute approximate surface area is 86.1 Å². The van der Waals surface area contributed by atoms with E-state index in [1.807, 2.05) is 12.1 Å². The summed E-state index contributed by atoms with van der Waals surface area (Å²) in [5, 5.41) is 0. The second kappa shape index (κ2) is 4.01. The van der Waals surface area contributed by atoms with Crippen LogP contribution < -0.4 is 10.4 Å². The minimum absolute atomic E-state index is 0.786. The molecule has 0 atom stereocenters. The minimum atomic E-state index is 0.786. The largest absolute Gasteiger partial charge is 0.354 e. The molecule has 0 bridgehead atoms. The molecule has 3 nitrogen and oxygen atoms in total. The first-order valence-corrected chi connectivity index (χ1v) is 4.91. The topological polar surface area (TPSA) is 19.4 Å². The normalized spacial score (nSPS) is 18.5. The van der Waals surface area contributed by atoms with Gasteiger partial charge in [0, 0.05) is 32.4 Å². The summed E-state index contributed by atoms with van der Waals surface area (Å²) in [6.07, 6.45) is 1.77. The SMILES string of the molecule is [B]c1ccnc(N2CCN(C)CC2)c1. The van der Waals surface area contributed by atoms with Crippen molar-refractivity contribution in [3.63, 3.8) is 0 Å². The fourth-order valence-corrected chi connectivity index (χ4v) is 1.64. The summed E-state index contributed by atoms with van der Waals surface area (Å²) in [6.45, 7) is 4.26. The van der Waals surface area contributed by atoms with Gasteiger partial charge >= 0.3 is 0 Å². The highest BCUT2D eigenvalue weighted by Crippen LogP contribution is 2.10. The maximum absolute atomic E-state index is 5.72. The number of anilines is 1. The Bertz CT molecular complexity index is 308. The van der Waals surface area contributed by atoms with Gasteiger partial charge in [-0.2, -0.15) is 0 Å². The van der Waals surface area contributed by atoms with E-state index in [0.29, 0.717) is 0 Å². The van der Waals surface area contributed by atoms with Gasteiger partial charge in [-0.3, -0.25) is 0 Å². The first-order valence-electron chi connectivity index (χ1n) is 4.91. The molecule has 0 saturated carbocycles. The number of nitrogens with zero attached hydrogens (tertiary/aromatic N) is 3. The lowest BCUT2D eigenvalue weighted by Gasteiger charge is -2.33. The van der Waals surface area contributed by atoms with Crippen LogP contribution in [0.4, 0.5) is 5.82 Å². The smallest absolute Gasteiger partial charge is 0.127 e. The van der Waals surface area contributed by atoms with E-state index in [1.165, 1.54) is 0 Å². The van der Waals surface area contributed by atoms with Crippen LogP contribution in [-0.4, -0.2) is 51.0 Å². The van der Waals surface area contributed by atoms with Gasteiger partial charge in [0.05, 0.1) is 0 Å². The van der Waals surface area contributed by atoms with Crippen LogP contribution in [0.25, 0.3) is 0 Å². The van der Waals surface area contributed by atoms with Gasteiger partial charge in [-0.15, -0.1) is 0 Å². The lowest BCUT2D eigenvalue weighted by molar-refractivity contribution is 0.312. The van der Waals surface area contributed by atoms with Gasteiger partial charge in [0.25, 0.3) is 0 Å². The summed E-state index contributed by atoms with van der Waals surface area (Å²) >= 11 is 0. The van der Waals surface area contributed by atoms with E-state index < -0.39 is 0 Å². The summed E-state index contributed by atoms with van der Waals surface area (Å²) in [7, 11) is 7.86. The summed E-state index contributed by atoms with van der Waals surface area (Å²) in [5.41, 5.74) is 0.786. The molecule has 4 heteroatoms. The van der Waals surface area contributed by atoms with E-state index in [4.69, 9.17) is 7.85 Å². The second-order valence-electron chi connectivity index (χ2n) is 3.74. The number of rotatable bonds is 1. The fraction of sp³-hybridized carbons (Fsp3) is 0.500. The third kappa shape index (κ3) is 2.07. The number of aromatic nitrogens is 1. The molecular weight excluding hydrogens is 173 g/mol. The highest BCUT2D eigenvalue weighted by atomic mass is 15.3. The van der Waals surface area contributed by atoms with E-state index in [9.17, 15) is 0 Å². The Morgan fingerprint density at radius 3 is 2.64 bits per heavy atom. The van der Waals surface area contributed by atoms with Crippen LogP contribution >= 0.6 is 0 Å². The lowest BCUT2D eigenvalue weighted by atomic mass is 9.98. The molecular formula is C10H14BN3. The molecule has 0 amide bonds. The molecule has 1 aliphatic rings. The van der Waals surface area contributed by atoms with E-state index in [1.54, 1.807) is 6.20 Å². The number of hydrogen-bond donors (Lipinski definition) is 0. The van der Waals surface area contributed by atoms with Crippen molar-refractivity contribution in [2.45, 2.75) is 0 Å². The van der Waals surface area contributed by atoms with Crippen LogP contribution in [0.3, 0.4) is 0 Å². The molecule has 1 aromatic heterocycles. The lowest BCUT2D eigenvalue weighted by Crippen LogP contribution is -2.45. The average Bonchev–Trinajstić information content (AvgIpc) is 2.19. The Hall–Kier alpha value is -1.03. The zero-order chi connectivity index (χ0) is 9.97. The van der Waals surface area contributed by atoms with Crippen molar-refractivity contribution in [2.24, 2.45) is 0 Å². The molecule has 1 aromatic rings. The number of piperazine rings is 1. The summed E-state index contributed by atoms with van der Waals surface area (Å²) < 4.78 is 0. The highest BCUT2D eigenvalue weighted by Gasteiger charge is 2.14. The zero-order valence-corrected chi connectivity index (χ0v) is 8.48. The molecule has 2 heterocycles. The molecule has 1 saturated heterocycles. The molecule has 14 heavy (non-hydrogen) atoms. The van der Waals surface area contributed by atoms with E-state index in [2.05, 4.69) is 21.8 Å². The van der Waals surface area contributed by atoms with Crippen LogP contribution in [0, 0.1) is 0 Å². The fourth-order valence-electron chi connectivity index (χ4n) is 1.64. The van der Waals surface area contributed by atoms with Crippen LogP contribution in [0.15, 0.2) is 18.3 Å². The third-order valence-corrected chi connectivity index (χ3v) is 2.60. The summed E-state index contributed by atoms with van der Waals surface area (Å²) in [6, 6.07) is 3.75. The molecule has 0 unspecified atom stereocenters. The standard InChI is InChI=1S/C10H14BN3/c1-13-4-6-14(7-5-13)10-8-9(11)2-3-12-10/h2-3,8H,4-7H2,1H3. The van der Waals surface area contributed by atoms with Gasteiger partial charge in [-0.25, -0.2) is 4.98 Å². The second-order valence-corrected chi connectivity index (χ2v) is 3.74. The zero-order valence-electron chi connectivity index (χ0n) is 8.48. The van der Waals surface area contributed by atoms with Crippen molar-refractivity contribution >= 4 is 19.1 Å². The van der Waals surface area contributed by atoms with Crippen molar-refractivity contribution in [3.8, 4) is 0 Å². The Kier molecular flexibility index (Phi) is 2.73. The molecule has 72 valence electrons. The van der Waals surface area contributed by atoms with Gasteiger partial charge < -0.3 is 9.80 Å². The van der Waals surface area contributed by atoms with Crippen molar-refractivity contribution in [3.05, 3.63) is 18.3 Å². The maximum atomic E-state index is 5.72. The van der Waals surface area contributed by atoms with Gasteiger partial charge in [-0.05, 0) is 13.1 Å². The van der Waals surface area contributed by atoms with Gasteiger partial charge in [0.2, 0.25) is 0 Å². The monoisotopic (exact) mass is 187 g/mol. The van der Waals surface area contributed by atoms with Gasteiger partial charge in [0.15, 0.2) is 0 Å². The molecule has 0 spiro atoms. The quantitative estimate of drug-likeness (QED) is 0.559. The highest BCUT2D eigenvalue weighted by molar-refractivity contribution is 6.32. The summed E-state index contributed by atoms with van der Waals surface area (Å²) in [5.74, 6) is 0.998. The summed E-state index contributed by atoms with van der Waals surface area (Å²) in [4.78, 5) is 8.91. The van der Waals surface area contributed by atoms with Crippen LogP contribution in [0.2, 0.25) is 0 Å². The molecule has 0 N–H and O–H groups in total. The molecule has 0 aromatic carbocycles. The number of hydrogen-bond acceptors (Lipinski definition) is 3. The first-order chi connectivity index (χ1) is 6.75. The third-order valence-electron chi connectivity index (χ3n) is 2.60. The predicted octanol–water partition coefficient (Wildman–Crippen LogP) is -0.373. The average molecular weight is 187 g/mol. The molecule has 2 radical (unpaired) electrons. The van der Waals surface area contributed by atoms with Crippen molar-refractivity contribution in [1.82, 2.24) is 9.88 Å². The molecule has 0 aliphatic carbocycles. The molecule has 1 aliphatic heterocycles. The van der Waals surface area contributed by atoms with E-state index >= 15 is 0 Å². The van der Waals surface area contributed by atoms with E-state index in [0.717, 1.165) is 37.5 Å². The van der Waals surface area contributed by atoms with Gasteiger partial charge in [-0.1, -0.05) is 11.5 Å². The number of pyridine rings is 1. The van der Waals surface area contributed by atoms with Crippen molar-refractivity contribution < 1.29 is 0 Å². The maximum Gasteiger partial charge on any atom is 0.127 e. The Morgan fingerprint density at radius 1 is 1.29 bits per heavy atom. The van der Waals surface area contributed by atoms with Crippen molar-refractivity contribution in [2.75, 3.05) is 38.1 Å². The van der Waals surface area contributed by atoms with Crippen molar-refractivity contribution in [1.29, 1.82) is 0 Å². The van der Waals surface area contributed by atoms with Gasteiger partial charge in [0.1, 0.15) is 13.7 Å². The predicted molar refractivity (Wildman–Crippen MR) is 59.3 cm³/mol. The van der Waals surface area contributed by atoms with Crippen LogP contribution in [0.5, 0.6) is 0 Å². The Balaban J connectivity index is 2.08. The molecule has 2 rings (SSSR count). The number of likely N-dealkylation sites (N-methyl/N-ethyl adjacent to an activating group) is 1. The first kappa shape index (κ1) is 9.53. The molecule has 1 fully saturated rings.